The van der Waals surface area contributed by atoms with Gasteiger partial charge in [0.05, 0.1) is 0 Å². The third-order valence-corrected chi connectivity index (χ3v) is 0. The van der Waals surface area contributed by atoms with Gasteiger partial charge in [-0.05, 0) is 0 Å². The zero-order valence-corrected chi connectivity index (χ0v) is 13.0. The predicted molar refractivity (Wildman–Crippen MR) is 7.55 cm³/mol. The molecule has 0 fully saturated rings. The van der Waals surface area contributed by atoms with Crippen LogP contribution in [0.3, 0.4) is 0 Å². The SMILES string of the molecule is [Mo+6].[Mo+6].[O-2].[O-2].[O-2].[O-2].[O-2].[O-2].[O-2].[O-2].[O-2].[O-2].[O-2].[V+5].[V+5]. The van der Waals surface area contributed by atoms with E-state index in [1.165, 1.54) is 0 Å². The summed E-state index contributed by atoms with van der Waals surface area (Å²) in [5.41, 5.74) is 0. The van der Waals surface area contributed by atoms with Crippen LogP contribution in [0.4, 0.5) is 0 Å². The van der Waals surface area contributed by atoms with Crippen LogP contribution in [-0.2, 0) is 139 Å². The maximum Gasteiger partial charge on any atom is 6.00 e. The minimum absolute atomic E-state index is 0. The average molecular weight is 470 g/mol. The van der Waals surface area contributed by atoms with E-state index in [9.17, 15) is 0 Å². The van der Waals surface area contributed by atoms with Crippen molar-refractivity contribution in [2.24, 2.45) is 0 Å². The van der Waals surface area contributed by atoms with Crippen molar-refractivity contribution < 1.29 is 139 Å². The van der Waals surface area contributed by atoms with Gasteiger partial charge in [0, 0.05) is 0 Å². The Hall–Kier alpha value is 2.11. The van der Waals surface area contributed by atoms with Crippen molar-refractivity contribution in [3.8, 4) is 0 Å². The molecule has 11 nitrogen and oxygen atoms in total. The molecular weight excluding hydrogens is 470 g/mol. The van der Waals surface area contributed by atoms with Gasteiger partial charge in [-0.1, -0.05) is 0 Å². The molecule has 0 atom stereocenters. The van der Waals surface area contributed by atoms with Crippen molar-refractivity contribution in [2.45, 2.75) is 0 Å². The Kier molecular flexibility index (Phi) is 55300. The Morgan fingerprint density at radius 2 is 0.200 bits per heavy atom. The molecule has 0 aliphatic heterocycles. The van der Waals surface area contributed by atoms with E-state index < -0.39 is 0 Å². The van der Waals surface area contributed by atoms with Crippen LogP contribution >= 0.6 is 0 Å². The smallest absolute Gasteiger partial charge is 2.00 e. The molecule has 0 bridgehead atoms. The van der Waals surface area contributed by atoms with E-state index >= 15 is 0 Å². The quantitative estimate of drug-likeness (QED) is 0.372. The monoisotopic (exact) mass is 474 g/mol. The largest absolute Gasteiger partial charge is 6.00 e. The Morgan fingerprint density at radius 1 is 0.200 bits per heavy atom. The van der Waals surface area contributed by atoms with Gasteiger partial charge in [-0.15, -0.1) is 0 Å². The Morgan fingerprint density at radius 3 is 0.200 bits per heavy atom. The van der Waals surface area contributed by atoms with E-state index in [0.29, 0.717) is 0 Å². The molecule has 0 radical (unpaired) electrons. The molecule has 0 amide bonds. The van der Waals surface area contributed by atoms with Crippen molar-refractivity contribution >= 4 is 0 Å². The maximum absolute atomic E-state index is 0. The van der Waals surface area contributed by atoms with Crippen molar-refractivity contribution in [2.75, 3.05) is 0 Å². The molecule has 0 saturated heterocycles. The fourth-order valence-corrected chi connectivity index (χ4v) is 0. The minimum Gasteiger partial charge on any atom is -2.00 e. The molecule has 0 spiro atoms. The van der Waals surface area contributed by atoms with Gasteiger partial charge in [0.1, 0.15) is 0 Å². The summed E-state index contributed by atoms with van der Waals surface area (Å²) in [6, 6.07) is 0. The van der Waals surface area contributed by atoms with Crippen LogP contribution in [0.25, 0.3) is 0 Å². The molecule has 0 aromatic carbocycles. The standard InChI is InChI=1S/2Mo.11O.2V/q2*+6;11*-2;2*+5. The molecule has 15 heteroatoms. The van der Waals surface area contributed by atoms with Gasteiger partial charge in [-0.25, -0.2) is 0 Å². The van der Waals surface area contributed by atoms with Crippen LogP contribution in [0.5, 0.6) is 0 Å². The second-order valence-corrected chi connectivity index (χ2v) is 0. The molecule has 0 aromatic heterocycles. The van der Waals surface area contributed by atoms with Crippen LogP contribution < -0.4 is 0 Å². The van der Waals surface area contributed by atoms with Crippen molar-refractivity contribution in [3.05, 3.63) is 0 Å². The summed E-state index contributed by atoms with van der Waals surface area (Å²) in [7, 11) is 0. The van der Waals surface area contributed by atoms with E-state index in [1.54, 1.807) is 0 Å². The molecule has 0 saturated carbocycles. The second kappa shape index (κ2) is 829. The van der Waals surface area contributed by atoms with Gasteiger partial charge in [0.15, 0.2) is 0 Å². The van der Waals surface area contributed by atoms with Crippen LogP contribution in [-0.4, -0.2) is 0 Å². The Bertz CT molecular complexity index is 16.5. The molecule has 0 aromatic rings. The number of rotatable bonds is 0. The summed E-state index contributed by atoms with van der Waals surface area (Å²) in [4.78, 5) is 0. The fourth-order valence-electron chi connectivity index (χ4n) is 0. The molecule has 0 aliphatic rings. The predicted octanol–water partition coefficient (Wildman–Crippen LogP) is -1.32. The zero-order valence-electron chi connectivity index (χ0n) is 6.20. The third kappa shape index (κ3) is 723. The van der Waals surface area contributed by atoms with Crippen molar-refractivity contribution in [1.29, 1.82) is 0 Å². The van der Waals surface area contributed by atoms with Gasteiger partial charge in [-0.2, -0.15) is 0 Å². The van der Waals surface area contributed by atoms with Crippen LogP contribution in [0.15, 0.2) is 0 Å². The van der Waals surface area contributed by atoms with Crippen LogP contribution in [0.1, 0.15) is 0 Å². The van der Waals surface area contributed by atoms with E-state index in [4.69, 9.17) is 0 Å². The normalized spacial score (nSPS) is 0. The Labute approximate surface area is 138 Å². The molecule has 0 heterocycles. The van der Waals surface area contributed by atoms with Gasteiger partial charge < -0.3 is 60.2 Å². The van der Waals surface area contributed by atoms with E-state index in [1.807, 2.05) is 0 Å². The first-order chi connectivity index (χ1) is 0. The van der Waals surface area contributed by atoms with E-state index in [2.05, 4.69) is 0 Å². The number of hydrogen-bond acceptors (Lipinski definition) is 0. The zero-order chi connectivity index (χ0) is 0. The van der Waals surface area contributed by atoms with Gasteiger partial charge in [-0.3, -0.25) is 0 Å². The molecule has 0 aliphatic carbocycles. The van der Waals surface area contributed by atoms with Gasteiger partial charge >= 0.3 is 79.2 Å². The average Bonchev–Trinajstić information content (AvgIpc) is 0. The first-order valence-corrected chi connectivity index (χ1v) is 0. The van der Waals surface area contributed by atoms with Crippen molar-refractivity contribution in [3.63, 3.8) is 0 Å². The van der Waals surface area contributed by atoms with Gasteiger partial charge in [0.25, 0.3) is 0 Å². The van der Waals surface area contributed by atoms with E-state index in [-0.39, 0.29) is 139 Å². The summed E-state index contributed by atoms with van der Waals surface area (Å²) in [5.74, 6) is 0. The van der Waals surface area contributed by atoms with Crippen molar-refractivity contribution in [1.82, 2.24) is 0 Å². The second-order valence-electron chi connectivity index (χ2n) is 0. The molecule has 15 heavy (non-hydrogen) atoms. The number of hydrogen-bond donors (Lipinski definition) is 0. The summed E-state index contributed by atoms with van der Waals surface area (Å²) in [6.45, 7) is 0. The topological polar surface area (TPSA) is 314 Å². The molecule has 0 rings (SSSR count). The minimum atomic E-state index is 0. The summed E-state index contributed by atoms with van der Waals surface area (Å²) in [5, 5.41) is 0. The first kappa shape index (κ1) is 1000. The van der Waals surface area contributed by atoms with E-state index in [0.717, 1.165) is 0 Å². The molecule has 88 valence electrons. The molecule has 0 N–H and O–H groups in total. The summed E-state index contributed by atoms with van der Waals surface area (Å²) < 4.78 is 0. The van der Waals surface area contributed by atoms with Crippen LogP contribution in [0, 0.1) is 0 Å². The first-order valence-electron chi connectivity index (χ1n) is 0. The summed E-state index contributed by atoms with van der Waals surface area (Å²) >= 11 is 0. The van der Waals surface area contributed by atoms with Crippen LogP contribution in [0.2, 0.25) is 0 Å². The molecule has 0 unspecified atom stereocenters. The Balaban J connectivity index is 0. The maximum atomic E-state index is 0. The molecular formula is Mo2O11V2. The fraction of sp³-hybridized carbons (Fsp3) is 0. The third-order valence-electron chi connectivity index (χ3n) is 0. The van der Waals surface area contributed by atoms with Gasteiger partial charge in [0.2, 0.25) is 0 Å². The summed E-state index contributed by atoms with van der Waals surface area (Å²) in [6.07, 6.45) is 0.